The van der Waals surface area contributed by atoms with Crippen LogP contribution in [0.3, 0.4) is 0 Å². The summed E-state index contributed by atoms with van der Waals surface area (Å²) in [7, 11) is 0. The number of primary amides is 1. The fourth-order valence-corrected chi connectivity index (χ4v) is 4.63. The number of nitrogens with zero attached hydrogens (tertiary/aromatic N) is 3. The lowest BCUT2D eigenvalue weighted by Crippen LogP contribution is -2.18. The van der Waals surface area contributed by atoms with Crippen molar-refractivity contribution in [1.29, 1.82) is 5.26 Å². The van der Waals surface area contributed by atoms with Gasteiger partial charge in [0, 0.05) is 11.1 Å². The van der Waals surface area contributed by atoms with Crippen LogP contribution in [0.15, 0.2) is 103 Å². The van der Waals surface area contributed by atoms with Crippen molar-refractivity contribution in [3.63, 3.8) is 0 Å². The highest BCUT2D eigenvalue weighted by atomic mass is 19.4. The molecule has 1 atom stereocenters. The van der Waals surface area contributed by atoms with Gasteiger partial charge in [0.15, 0.2) is 5.69 Å². The molecule has 5 rings (SSSR count). The van der Waals surface area contributed by atoms with Gasteiger partial charge in [0.05, 0.1) is 17.3 Å². The number of hydrogen-bond donors (Lipinski definition) is 2. The number of nitriles is 1. The first-order valence-corrected chi connectivity index (χ1v) is 12.7. The average Bonchev–Trinajstić information content (AvgIpc) is 3.43. The predicted octanol–water partition coefficient (Wildman–Crippen LogP) is 6.19. The Kier molecular flexibility index (Phi) is 7.78. The van der Waals surface area contributed by atoms with Gasteiger partial charge in [-0.2, -0.15) is 23.5 Å². The molecule has 7 nitrogen and oxygen atoms in total. The number of ether oxygens (including phenoxy) is 1. The molecule has 0 radical (unpaired) electrons. The summed E-state index contributed by atoms with van der Waals surface area (Å²) in [6.45, 7) is 0.244. The molecule has 0 saturated heterocycles. The number of hydrogen-bond acceptors (Lipinski definition) is 5. The molecule has 1 unspecified atom stereocenters. The number of aliphatic hydroxyl groups is 1. The van der Waals surface area contributed by atoms with Gasteiger partial charge in [-0.1, -0.05) is 72.8 Å². The highest BCUT2D eigenvalue weighted by molar-refractivity contribution is 5.99. The number of rotatable bonds is 8. The van der Waals surface area contributed by atoms with Crippen molar-refractivity contribution < 1.29 is 27.8 Å². The Bertz CT molecular complexity index is 1790. The van der Waals surface area contributed by atoms with Crippen molar-refractivity contribution in [2.24, 2.45) is 5.73 Å². The molecule has 1 heterocycles. The zero-order valence-electron chi connectivity index (χ0n) is 21.9. The molecule has 10 heteroatoms. The fraction of sp³-hybridized carbons (Fsp3) is 0.0938. The second-order valence-corrected chi connectivity index (χ2v) is 9.35. The molecular weight excluding hydrogens is 545 g/mol. The standard InChI is InChI=1S/C32H23F3N4O3/c33-32(34,35)30-27(28(31(37)41)39(38-30)24-13-6-10-21(16-24)18-36)22-11-7-12-23(17-22)29(40)25-14-4-5-15-26(25)42-19-20-8-2-1-3-9-20/h1-17,29,40H,19H2,(H2,37,41). The lowest BCUT2D eigenvalue weighted by atomic mass is 9.95. The molecule has 5 aromatic rings. The third-order valence-electron chi connectivity index (χ3n) is 6.55. The van der Waals surface area contributed by atoms with Crippen LogP contribution in [-0.2, 0) is 12.8 Å². The molecule has 0 saturated carbocycles. The van der Waals surface area contributed by atoms with E-state index in [1.165, 1.54) is 42.5 Å². The molecular formula is C32H23F3N4O3. The summed E-state index contributed by atoms with van der Waals surface area (Å²) < 4.78 is 49.7. The predicted molar refractivity (Wildman–Crippen MR) is 149 cm³/mol. The summed E-state index contributed by atoms with van der Waals surface area (Å²) in [5.41, 5.74) is 4.97. The molecule has 0 spiro atoms. The Hall–Kier alpha value is -5.40. The van der Waals surface area contributed by atoms with Crippen molar-refractivity contribution in [1.82, 2.24) is 9.78 Å². The maximum absolute atomic E-state index is 14.3. The number of nitrogens with two attached hydrogens (primary N) is 1. The topological polar surface area (TPSA) is 114 Å². The minimum absolute atomic E-state index is 0.0296. The minimum atomic E-state index is -4.95. The number of aliphatic hydroxyl groups excluding tert-OH is 1. The molecule has 210 valence electrons. The Morgan fingerprint density at radius 2 is 1.69 bits per heavy atom. The van der Waals surface area contributed by atoms with Crippen LogP contribution in [0.25, 0.3) is 16.8 Å². The highest BCUT2D eigenvalue weighted by Crippen LogP contribution is 2.41. The van der Waals surface area contributed by atoms with Gasteiger partial charge in [-0.15, -0.1) is 0 Å². The van der Waals surface area contributed by atoms with Crippen molar-refractivity contribution in [2.45, 2.75) is 18.9 Å². The zero-order valence-corrected chi connectivity index (χ0v) is 21.9. The summed E-state index contributed by atoms with van der Waals surface area (Å²) in [6.07, 6.45) is -6.23. The van der Waals surface area contributed by atoms with Crippen LogP contribution in [0.5, 0.6) is 5.75 Å². The second-order valence-electron chi connectivity index (χ2n) is 9.35. The van der Waals surface area contributed by atoms with Gasteiger partial charge in [0.1, 0.15) is 24.2 Å². The largest absolute Gasteiger partial charge is 0.489 e. The molecule has 3 N–H and O–H groups in total. The molecule has 0 aliphatic heterocycles. The van der Waals surface area contributed by atoms with Gasteiger partial charge in [-0.3, -0.25) is 4.79 Å². The Morgan fingerprint density at radius 1 is 0.976 bits per heavy atom. The number of para-hydroxylation sites is 1. The lowest BCUT2D eigenvalue weighted by molar-refractivity contribution is -0.140. The van der Waals surface area contributed by atoms with Gasteiger partial charge in [-0.25, -0.2) is 4.68 Å². The smallest absolute Gasteiger partial charge is 0.435 e. The van der Waals surface area contributed by atoms with E-state index in [1.807, 2.05) is 36.4 Å². The van der Waals surface area contributed by atoms with Crippen LogP contribution >= 0.6 is 0 Å². The van der Waals surface area contributed by atoms with Crippen LogP contribution in [0.4, 0.5) is 13.2 Å². The number of carbonyl (C=O) groups excluding carboxylic acids is 1. The van der Waals surface area contributed by atoms with E-state index in [4.69, 9.17) is 10.5 Å². The summed E-state index contributed by atoms with van der Waals surface area (Å²) in [4.78, 5) is 12.6. The number of aromatic nitrogens is 2. The summed E-state index contributed by atoms with van der Waals surface area (Å²) >= 11 is 0. The summed E-state index contributed by atoms with van der Waals surface area (Å²) in [5, 5.41) is 24.3. The van der Waals surface area contributed by atoms with Crippen molar-refractivity contribution in [3.05, 3.63) is 137 Å². The molecule has 1 amide bonds. The lowest BCUT2D eigenvalue weighted by Gasteiger charge is -2.18. The quantitative estimate of drug-likeness (QED) is 0.232. The fourth-order valence-electron chi connectivity index (χ4n) is 4.63. The molecule has 1 aromatic heterocycles. The van der Waals surface area contributed by atoms with Crippen LogP contribution < -0.4 is 10.5 Å². The first-order chi connectivity index (χ1) is 20.2. The van der Waals surface area contributed by atoms with Gasteiger partial charge >= 0.3 is 6.18 Å². The molecule has 0 bridgehead atoms. The maximum Gasteiger partial charge on any atom is 0.435 e. The van der Waals surface area contributed by atoms with Gasteiger partial charge in [0.2, 0.25) is 0 Å². The Balaban J connectivity index is 1.59. The number of halogens is 3. The van der Waals surface area contributed by atoms with E-state index in [0.29, 0.717) is 11.3 Å². The maximum atomic E-state index is 14.3. The molecule has 0 fully saturated rings. The highest BCUT2D eigenvalue weighted by Gasteiger charge is 2.41. The van der Waals surface area contributed by atoms with E-state index in [1.54, 1.807) is 30.3 Å². The SMILES string of the molecule is N#Cc1cccc(-n2nc(C(F)(F)F)c(-c3cccc(C(O)c4ccccc4OCc4ccccc4)c3)c2C(N)=O)c1. The van der Waals surface area contributed by atoms with E-state index < -0.39 is 35.1 Å². The first-order valence-electron chi connectivity index (χ1n) is 12.7. The van der Waals surface area contributed by atoms with E-state index in [2.05, 4.69) is 5.10 Å². The summed E-state index contributed by atoms with van der Waals surface area (Å²) in [6, 6.07) is 29.6. The zero-order chi connectivity index (χ0) is 29.9. The van der Waals surface area contributed by atoms with Gasteiger partial charge in [0.25, 0.3) is 5.91 Å². The molecule has 4 aromatic carbocycles. The third kappa shape index (κ3) is 5.73. The number of amides is 1. The minimum Gasteiger partial charge on any atom is -0.489 e. The van der Waals surface area contributed by atoms with E-state index in [0.717, 1.165) is 10.2 Å². The van der Waals surface area contributed by atoms with Gasteiger partial charge in [-0.05, 0) is 47.0 Å². The van der Waals surface area contributed by atoms with E-state index in [-0.39, 0.29) is 29.0 Å². The van der Waals surface area contributed by atoms with Crippen molar-refractivity contribution in [2.75, 3.05) is 0 Å². The van der Waals surface area contributed by atoms with Crippen molar-refractivity contribution in [3.8, 4) is 28.6 Å². The Labute approximate surface area is 238 Å². The van der Waals surface area contributed by atoms with Gasteiger partial charge < -0.3 is 15.6 Å². The number of carbonyl (C=O) groups is 1. The van der Waals surface area contributed by atoms with E-state index in [9.17, 15) is 28.3 Å². The number of benzene rings is 4. The van der Waals surface area contributed by atoms with Crippen LogP contribution in [0, 0.1) is 11.3 Å². The molecule has 0 aliphatic rings. The second kappa shape index (κ2) is 11.6. The molecule has 0 aliphatic carbocycles. The first kappa shape index (κ1) is 28.1. The number of alkyl halides is 3. The monoisotopic (exact) mass is 568 g/mol. The summed E-state index contributed by atoms with van der Waals surface area (Å²) in [5.74, 6) is -0.751. The van der Waals surface area contributed by atoms with Crippen LogP contribution in [0.1, 0.15) is 44.5 Å². The molecule has 42 heavy (non-hydrogen) atoms. The van der Waals surface area contributed by atoms with Crippen molar-refractivity contribution >= 4 is 5.91 Å². The van der Waals surface area contributed by atoms with E-state index >= 15 is 0 Å². The van der Waals surface area contributed by atoms with Crippen LogP contribution in [0.2, 0.25) is 0 Å². The normalized spacial score (nSPS) is 12.0. The third-order valence-corrected chi connectivity index (χ3v) is 6.55. The average molecular weight is 569 g/mol. The van der Waals surface area contributed by atoms with Crippen LogP contribution in [-0.4, -0.2) is 20.8 Å². The Morgan fingerprint density at radius 3 is 2.40 bits per heavy atom.